The van der Waals surface area contributed by atoms with E-state index >= 15 is 0 Å². The van der Waals surface area contributed by atoms with E-state index in [9.17, 15) is 4.79 Å². The lowest BCUT2D eigenvalue weighted by Gasteiger charge is -2.04. The predicted octanol–water partition coefficient (Wildman–Crippen LogP) is 2.00. The second-order valence-corrected chi connectivity index (χ2v) is 4.82. The largest absolute Gasteiger partial charge is 0.322 e. The summed E-state index contributed by atoms with van der Waals surface area (Å²) in [6.45, 7) is 5.61. The first kappa shape index (κ1) is 15.6. The lowest BCUT2D eigenvalue weighted by atomic mass is 9.96. The third-order valence-corrected chi connectivity index (χ3v) is 3.01. The summed E-state index contributed by atoms with van der Waals surface area (Å²) in [6, 6.07) is 7.67. The highest BCUT2D eigenvalue weighted by atomic mass is 16.1. The smallest absolute Gasteiger partial charge is 0.258 e. The Balaban J connectivity index is 2.18. The molecule has 1 N–H and O–H groups in total. The summed E-state index contributed by atoms with van der Waals surface area (Å²) in [6.07, 6.45) is 10.6. The van der Waals surface area contributed by atoms with Crippen LogP contribution in [0.3, 0.4) is 0 Å². The van der Waals surface area contributed by atoms with Gasteiger partial charge in [-0.15, -0.1) is 0 Å². The maximum atomic E-state index is 12.3. The molecule has 110 valence electrons. The van der Waals surface area contributed by atoms with Gasteiger partial charge in [0.05, 0.1) is 17.5 Å². The van der Waals surface area contributed by atoms with Gasteiger partial charge in [0.15, 0.2) is 0 Å². The van der Waals surface area contributed by atoms with E-state index in [1.54, 1.807) is 23.2 Å². The average molecular weight is 291 g/mol. The molecule has 0 fully saturated rings. The van der Waals surface area contributed by atoms with Crippen LogP contribution in [0.15, 0.2) is 67.5 Å². The molecule has 1 amide bonds. The van der Waals surface area contributed by atoms with Gasteiger partial charge in [-0.05, 0) is 31.2 Å². The second-order valence-electron chi connectivity index (χ2n) is 4.82. The van der Waals surface area contributed by atoms with E-state index in [0.29, 0.717) is 5.56 Å². The molecule has 1 aromatic heterocycles. The van der Waals surface area contributed by atoms with Gasteiger partial charge in [-0.3, -0.25) is 4.79 Å². The predicted molar refractivity (Wildman–Crippen MR) is 94.1 cm³/mol. The standard InChI is InChI=1S/C17H18BN3O/c1-3-6-16(7-4-2)21-12-13(11-19-21)17(22)20-15-9-5-8-14(18)10-15/h3-12H,1,18H2,2H3,(H,20,22)/b7-4-,16-6+. The van der Waals surface area contributed by atoms with Gasteiger partial charge in [-0.25, -0.2) is 4.68 Å². The van der Waals surface area contributed by atoms with E-state index < -0.39 is 0 Å². The molecule has 0 spiro atoms. The Morgan fingerprint density at radius 1 is 1.45 bits per heavy atom. The van der Waals surface area contributed by atoms with Crippen LogP contribution in [0.25, 0.3) is 5.70 Å². The average Bonchev–Trinajstić information content (AvgIpc) is 2.97. The van der Waals surface area contributed by atoms with Crippen molar-refractivity contribution in [2.75, 3.05) is 5.32 Å². The second kappa shape index (κ2) is 7.27. The van der Waals surface area contributed by atoms with Gasteiger partial charge in [0.25, 0.3) is 5.91 Å². The quantitative estimate of drug-likeness (QED) is 0.676. The van der Waals surface area contributed by atoms with Crippen molar-refractivity contribution < 1.29 is 4.79 Å². The SMILES string of the molecule is Bc1cccc(NC(=O)c2cnn(C(/C=C\C)=C/C=C)c2)c1. The van der Waals surface area contributed by atoms with E-state index in [1.165, 1.54) is 0 Å². The van der Waals surface area contributed by atoms with Gasteiger partial charge >= 0.3 is 0 Å². The number of carbonyl (C=O) groups is 1. The van der Waals surface area contributed by atoms with Gasteiger partial charge in [-0.1, -0.05) is 36.3 Å². The summed E-state index contributed by atoms with van der Waals surface area (Å²) in [4.78, 5) is 12.3. The molecule has 0 unspecified atom stereocenters. The van der Waals surface area contributed by atoms with Crippen LogP contribution < -0.4 is 10.8 Å². The Labute approximate surface area is 131 Å². The summed E-state index contributed by atoms with van der Waals surface area (Å²) >= 11 is 0. The molecule has 22 heavy (non-hydrogen) atoms. The van der Waals surface area contributed by atoms with Gasteiger partial charge in [0.1, 0.15) is 7.85 Å². The Bertz CT molecular complexity index is 744. The fraction of sp³-hybridized carbons (Fsp3) is 0.0588. The van der Waals surface area contributed by atoms with Crippen LogP contribution in [0.5, 0.6) is 0 Å². The number of nitrogens with zero attached hydrogens (tertiary/aromatic N) is 2. The van der Waals surface area contributed by atoms with Gasteiger partial charge < -0.3 is 5.32 Å². The third-order valence-electron chi connectivity index (χ3n) is 3.01. The van der Waals surface area contributed by atoms with Crippen molar-refractivity contribution in [1.29, 1.82) is 0 Å². The summed E-state index contributed by atoms with van der Waals surface area (Å²) in [5, 5.41) is 7.09. The minimum Gasteiger partial charge on any atom is -0.322 e. The van der Waals surface area contributed by atoms with Gasteiger partial charge in [-0.2, -0.15) is 5.10 Å². The zero-order chi connectivity index (χ0) is 15.9. The fourth-order valence-corrected chi connectivity index (χ4v) is 2.01. The molecule has 2 aromatic rings. The third kappa shape index (κ3) is 3.85. The molecular weight excluding hydrogens is 273 g/mol. The number of anilines is 1. The molecule has 1 heterocycles. The number of hydrogen-bond acceptors (Lipinski definition) is 2. The van der Waals surface area contributed by atoms with Crippen molar-refractivity contribution in [2.45, 2.75) is 6.92 Å². The molecule has 0 radical (unpaired) electrons. The van der Waals surface area contributed by atoms with Crippen molar-refractivity contribution in [2.24, 2.45) is 0 Å². The van der Waals surface area contributed by atoms with E-state index in [-0.39, 0.29) is 5.91 Å². The van der Waals surface area contributed by atoms with Crippen molar-refractivity contribution in [1.82, 2.24) is 9.78 Å². The zero-order valence-electron chi connectivity index (χ0n) is 12.8. The van der Waals surface area contributed by atoms with Crippen LogP contribution in [0, 0.1) is 0 Å². The monoisotopic (exact) mass is 291 g/mol. The van der Waals surface area contributed by atoms with E-state index in [0.717, 1.165) is 16.8 Å². The normalized spacial score (nSPS) is 11.6. The molecule has 0 saturated heterocycles. The molecule has 0 aliphatic heterocycles. The summed E-state index contributed by atoms with van der Waals surface area (Å²) in [5.74, 6) is -0.185. The maximum absolute atomic E-state index is 12.3. The highest BCUT2D eigenvalue weighted by molar-refractivity contribution is 6.32. The molecule has 2 rings (SSSR count). The molecule has 0 saturated carbocycles. The summed E-state index contributed by atoms with van der Waals surface area (Å²) in [5.41, 5.74) is 3.21. The van der Waals surface area contributed by atoms with Crippen LogP contribution in [0.2, 0.25) is 0 Å². The molecule has 4 nitrogen and oxygen atoms in total. The number of rotatable bonds is 5. The first-order valence-corrected chi connectivity index (χ1v) is 7.02. The Morgan fingerprint density at radius 3 is 2.95 bits per heavy atom. The molecule has 1 aromatic carbocycles. The zero-order valence-corrected chi connectivity index (χ0v) is 12.8. The molecule has 0 bridgehead atoms. The Morgan fingerprint density at radius 2 is 2.27 bits per heavy atom. The molecule has 0 aliphatic carbocycles. The van der Waals surface area contributed by atoms with Crippen LogP contribution in [-0.2, 0) is 0 Å². The van der Waals surface area contributed by atoms with Crippen molar-refractivity contribution in [3.05, 3.63) is 73.1 Å². The minimum atomic E-state index is -0.185. The minimum absolute atomic E-state index is 0.185. The molecule has 5 heteroatoms. The Kier molecular flexibility index (Phi) is 5.14. The van der Waals surface area contributed by atoms with Crippen LogP contribution in [-0.4, -0.2) is 23.5 Å². The van der Waals surface area contributed by atoms with E-state index in [1.807, 2.05) is 57.3 Å². The first-order valence-electron chi connectivity index (χ1n) is 7.02. The highest BCUT2D eigenvalue weighted by Gasteiger charge is 2.10. The maximum Gasteiger partial charge on any atom is 0.258 e. The number of aromatic nitrogens is 2. The highest BCUT2D eigenvalue weighted by Crippen LogP contribution is 2.11. The number of hydrogen-bond donors (Lipinski definition) is 1. The van der Waals surface area contributed by atoms with Crippen LogP contribution in [0.4, 0.5) is 5.69 Å². The number of allylic oxidation sites excluding steroid dienone is 5. The molecule has 0 aliphatic rings. The Hall–Kier alpha value is -2.82. The first-order chi connectivity index (χ1) is 10.6. The summed E-state index contributed by atoms with van der Waals surface area (Å²) < 4.78 is 1.65. The van der Waals surface area contributed by atoms with Crippen LogP contribution in [0.1, 0.15) is 17.3 Å². The number of nitrogens with one attached hydrogen (secondary N) is 1. The van der Waals surface area contributed by atoms with Gasteiger partial charge in [0.2, 0.25) is 0 Å². The topological polar surface area (TPSA) is 46.9 Å². The van der Waals surface area contributed by atoms with Crippen molar-refractivity contribution >= 4 is 30.6 Å². The van der Waals surface area contributed by atoms with E-state index in [4.69, 9.17) is 0 Å². The number of benzene rings is 1. The lowest BCUT2D eigenvalue weighted by Crippen LogP contribution is -2.13. The number of carbonyl (C=O) groups excluding carboxylic acids is 1. The summed E-state index contributed by atoms with van der Waals surface area (Å²) in [7, 11) is 1.98. The van der Waals surface area contributed by atoms with Crippen molar-refractivity contribution in [3.63, 3.8) is 0 Å². The lowest BCUT2D eigenvalue weighted by molar-refractivity contribution is 0.102. The van der Waals surface area contributed by atoms with Gasteiger partial charge in [0, 0.05) is 11.9 Å². The fourth-order valence-electron chi connectivity index (χ4n) is 2.01. The van der Waals surface area contributed by atoms with E-state index in [2.05, 4.69) is 17.0 Å². The molecule has 0 atom stereocenters. The van der Waals surface area contributed by atoms with Crippen molar-refractivity contribution in [3.8, 4) is 0 Å². The number of amides is 1. The van der Waals surface area contributed by atoms with Crippen LogP contribution >= 0.6 is 0 Å². The molecular formula is C17H18BN3O.